The summed E-state index contributed by atoms with van der Waals surface area (Å²) in [5.41, 5.74) is -0.878. The van der Waals surface area contributed by atoms with E-state index >= 15 is 0 Å². The zero-order valence-corrected chi connectivity index (χ0v) is 10.4. The average molecular weight is 250 g/mol. The van der Waals surface area contributed by atoms with Crippen molar-refractivity contribution in [2.45, 2.75) is 25.6 Å². The lowest BCUT2D eigenvalue weighted by Gasteiger charge is -2.37. The molecule has 2 unspecified atom stereocenters. The number of hydrogen-bond acceptors (Lipinski definition) is 5. The predicted octanol–water partition coefficient (Wildman–Crippen LogP) is 0.648. The Morgan fingerprint density at radius 1 is 1.56 bits per heavy atom. The second-order valence-corrected chi connectivity index (χ2v) is 4.48. The van der Waals surface area contributed by atoms with Crippen LogP contribution in [0.3, 0.4) is 0 Å². The first-order valence-corrected chi connectivity index (χ1v) is 5.48. The predicted molar refractivity (Wildman–Crippen MR) is 62.4 cm³/mol. The third-order valence-corrected chi connectivity index (χ3v) is 3.17. The Bertz CT molecular complexity index is 507. The van der Waals surface area contributed by atoms with E-state index in [1.807, 2.05) is 0 Å². The molecule has 0 fully saturated rings. The lowest BCUT2D eigenvalue weighted by atomic mass is 9.75. The van der Waals surface area contributed by atoms with Gasteiger partial charge in [0.2, 0.25) is 5.78 Å². The molecule has 1 heterocycles. The second-order valence-electron chi connectivity index (χ2n) is 4.48. The lowest BCUT2D eigenvalue weighted by molar-refractivity contribution is -0.144. The van der Waals surface area contributed by atoms with E-state index in [0.717, 1.165) is 0 Å². The Hall–Kier alpha value is -1.72. The Morgan fingerprint density at radius 3 is 2.78 bits per heavy atom. The molecule has 18 heavy (non-hydrogen) atoms. The van der Waals surface area contributed by atoms with Crippen molar-refractivity contribution in [3.05, 3.63) is 34.8 Å². The summed E-state index contributed by atoms with van der Waals surface area (Å²) >= 11 is 0. The van der Waals surface area contributed by atoms with Crippen molar-refractivity contribution in [1.29, 1.82) is 0 Å². The number of methoxy groups -OCH3 is 1. The normalized spacial score (nSPS) is 31.3. The molecule has 2 rings (SSSR count). The van der Waals surface area contributed by atoms with Gasteiger partial charge in [-0.1, -0.05) is 0 Å². The highest BCUT2D eigenvalue weighted by atomic mass is 16.5. The molecule has 96 valence electrons. The number of ether oxygens (including phenoxy) is 2. The Kier molecular flexibility index (Phi) is 2.96. The number of aliphatic hydroxyl groups is 1. The third-order valence-electron chi connectivity index (χ3n) is 3.17. The van der Waals surface area contributed by atoms with Crippen molar-refractivity contribution in [2.75, 3.05) is 7.11 Å². The maximum absolute atomic E-state index is 12.1. The van der Waals surface area contributed by atoms with Gasteiger partial charge in [0.15, 0.2) is 11.9 Å². The number of ketones is 1. The van der Waals surface area contributed by atoms with Gasteiger partial charge in [0.05, 0.1) is 11.8 Å². The minimum absolute atomic E-state index is 0.0535. The quantitative estimate of drug-likeness (QED) is 0.575. The lowest BCUT2D eigenvalue weighted by Crippen LogP contribution is -2.53. The van der Waals surface area contributed by atoms with E-state index < -0.39 is 17.5 Å². The molecule has 2 atom stereocenters. The van der Waals surface area contributed by atoms with Crippen LogP contribution in [0.5, 0.6) is 0 Å². The Morgan fingerprint density at radius 2 is 2.22 bits per heavy atom. The van der Waals surface area contributed by atoms with Gasteiger partial charge in [0.1, 0.15) is 11.9 Å². The fourth-order valence-electron chi connectivity index (χ4n) is 2.27. The topological polar surface area (TPSA) is 72.8 Å². The molecule has 1 aliphatic heterocycles. The van der Waals surface area contributed by atoms with Gasteiger partial charge in [-0.15, -0.1) is 0 Å². The van der Waals surface area contributed by atoms with Gasteiger partial charge in [0.25, 0.3) is 0 Å². The summed E-state index contributed by atoms with van der Waals surface area (Å²) in [7, 11) is 1.39. The summed E-state index contributed by atoms with van der Waals surface area (Å²) in [6.45, 7) is 3.04. The monoisotopic (exact) mass is 250 g/mol. The fraction of sp³-hybridized carbons (Fsp3) is 0.385. The number of rotatable bonds is 2. The number of carbonyl (C=O) groups is 2. The van der Waals surface area contributed by atoms with Crippen LogP contribution >= 0.6 is 0 Å². The van der Waals surface area contributed by atoms with Gasteiger partial charge in [-0.05, 0) is 19.9 Å². The van der Waals surface area contributed by atoms with Crippen LogP contribution in [0.25, 0.3) is 0 Å². The van der Waals surface area contributed by atoms with Crippen LogP contribution in [0.2, 0.25) is 0 Å². The van der Waals surface area contributed by atoms with E-state index in [1.165, 1.54) is 20.3 Å². The first kappa shape index (κ1) is 12.7. The van der Waals surface area contributed by atoms with E-state index in [1.54, 1.807) is 13.0 Å². The first-order chi connectivity index (χ1) is 8.43. The minimum Gasteiger partial charge on any atom is -0.469 e. The van der Waals surface area contributed by atoms with E-state index in [4.69, 9.17) is 9.47 Å². The van der Waals surface area contributed by atoms with Gasteiger partial charge in [-0.3, -0.25) is 9.59 Å². The number of hydrogen-bond donors (Lipinski definition) is 1. The molecule has 0 bridgehead atoms. The molecule has 0 saturated heterocycles. The van der Waals surface area contributed by atoms with Crippen molar-refractivity contribution in [3.8, 4) is 0 Å². The van der Waals surface area contributed by atoms with Gasteiger partial charge < -0.3 is 14.6 Å². The molecule has 1 aliphatic carbocycles. The van der Waals surface area contributed by atoms with Crippen LogP contribution < -0.4 is 0 Å². The molecule has 0 spiro atoms. The van der Waals surface area contributed by atoms with E-state index in [2.05, 4.69) is 0 Å². The van der Waals surface area contributed by atoms with E-state index in [9.17, 15) is 14.7 Å². The van der Waals surface area contributed by atoms with Crippen LogP contribution in [0.15, 0.2) is 34.8 Å². The van der Waals surface area contributed by atoms with Crippen molar-refractivity contribution >= 4 is 12.1 Å². The van der Waals surface area contributed by atoms with Crippen molar-refractivity contribution in [3.63, 3.8) is 0 Å². The largest absolute Gasteiger partial charge is 0.469 e. The molecule has 0 radical (unpaired) electrons. The van der Waals surface area contributed by atoms with Crippen LogP contribution in [-0.2, 0) is 19.1 Å². The molecular weight excluding hydrogens is 236 g/mol. The number of carbonyl (C=O) groups excluding carboxylic acids is 2. The number of Topliss-reactive ketones (excluding diaryl/α,β-unsaturated/α-hetero) is 1. The summed E-state index contributed by atoms with van der Waals surface area (Å²) in [5, 5.41) is 10.2. The van der Waals surface area contributed by atoms with Crippen molar-refractivity contribution in [2.24, 2.45) is 0 Å². The van der Waals surface area contributed by atoms with Gasteiger partial charge in [-0.25, -0.2) is 0 Å². The maximum Gasteiger partial charge on any atom is 0.201 e. The van der Waals surface area contributed by atoms with Crippen molar-refractivity contribution in [1.82, 2.24) is 0 Å². The summed E-state index contributed by atoms with van der Waals surface area (Å²) < 4.78 is 10.4. The molecule has 0 aromatic heterocycles. The molecular formula is C13H14O5. The zero-order chi connectivity index (χ0) is 13.5. The fourth-order valence-corrected chi connectivity index (χ4v) is 2.27. The van der Waals surface area contributed by atoms with Crippen LogP contribution in [-0.4, -0.2) is 36.0 Å². The highest BCUT2D eigenvalue weighted by Crippen LogP contribution is 2.38. The maximum atomic E-state index is 12.1. The van der Waals surface area contributed by atoms with Gasteiger partial charge in [-0.2, -0.15) is 0 Å². The first-order valence-electron chi connectivity index (χ1n) is 5.48. The molecule has 5 heteroatoms. The summed E-state index contributed by atoms with van der Waals surface area (Å²) in [5.74, 6) is -0.0697. The summed E-state index contributed by atoms with van der Waals surface area (Å²) in [6, 6.07) is 0. The smallest absolute Gasteiger partial charge is 0.201 e. The highest BCUT2D eigenvalue weighted by molar-refractivity contribution is 6.18. The number of allylic oxidation sites excluding steroid dienone is 2. The molecule has 0 aromatic carbocycles. The summed E-state index contributed by atoms with van der Waals surface area (Å²) in [4.78, 5) is 23.2. The Labute approximate surface area is 104 Å². The van der Waals surface area contributed by atoms with Gasteiger partial charge in [0, 0.05) is 18.3 Å². The number of aldehydes is 1. The molecule has 1 N–H and O–H groups in total. The highest BCUT2D eigenvalue weighted by Gasteiger charge is 2.49. The standard InChI is InChI=1S/C13H14O5/c1-7-4-8-9(5-14)11(15)13(2,16)12(17-3)10(8)6-18-7/h4-6,12,16H,1-3H3. The van der Waals surface area contributed by atoms with E-state index in [-0.39, 0.29) is 5.57 Å². The average Bonchev–Trinajstić information content (AvgIpc) is 2.32. The summed E-state index contributed by atoms with van der Waals surface area (Å²) in [6.07, 6.45) is 2.61. The molecule has 0 aromatic rings. The zero-order valence-electron chi connectivity index (χ0n) is 10.4. The van der Waals surface area contributed by atoms with Crippen LogP contribution in [0.4, 0.5) is 0 Å². The van der Waals surface area contributed by atoms with Gasteiger partial charge >= 0.3 is 0 Å². The molecule has 2 aliphatic rings. The number of fused-ring (bicyclic) bond motifs is 1. The third kappa shape index (κ3) is 1.63. The van der Waals surface area contributed by atoms with E-state index in [0.29, 0.717) is 23.2 Å². The SMILES string of the molecule is COC1C2=COC(C)=CC2=C(C=O)C(=O)C1(C)O. The second kappa shape index (κ2) is 4.19. The molecule has 5 nitrogen and oxygen atoms in total. The molecule has 0 amide bonds. The van der Waals surface area contributed by atoms with Crippen LogP contribution in [0.1, 0.15) is 13.8 Å². The van der Waals surface area contributed by atoms with Crippen LogP contribution in [0, 0.1) is 0 Å². The molecule has 0 saturated carbocycles. The van der Waals surface area contributed by atoms with Crippen molar-refractivity contribution < 1.29 is 24.2 Å². The Balaban J connectivity index is 2.69. The minimum atomic E-state index is -1.78.